The second-order valence-electron chi connectivity index (χ2n) is 7.42. The summed E-state index contributed by atoms with van der Waals surface area (Å²) in [7, 11) is 0. The number of para-hydroxylation sites is 1. The molecule has 0 bridgehead atoms. The predicted octanol–water partition coefficient (Wildman–Crippen LogP) is 2.97. The Balaban J connectivity index is 1.60. The van der Waals surface area contributed by atoms with E-state index in [1.807, 2.05) is 63.2 Å². The van der Waals surface area contributed by atoms with Gasteiger partial charge in [-0.1, -0.05) is 12.1 Å². The minimum absolute atomic E-state index is 0.154. The average Bonchev–Trinajstić information content (AvgIpc) is 2.73. The van der Waals surface area contributed by atoms with Crippen molar-refractivity contribution >= 4 is 10.9 Å². The second-order valence-corrected chi connectivity index (χ2v) is 7.42. The third-order valence-corrected chi connectivity index (χ3v) is 4.77. The summed E-state index contributed by atoms with van der Waals surface area (Å²) in [6.07, 6.45) is -0.689. The number of H-pyrrole nitrogens is 1. The fraction of sp³-hybridized carbons (Fsp3) is 0.391. The van der Waals surface area contributed by atoms with Crippen LogP contribution in [-0.4, -0.2) is 51.9 Å². The molecule has 7 nitrogen and oxygen atoms in total. The molecule has 3 rings (SSSR count). The van der Waals surface area contributed by atoms with Crippen LogP contribution in [0.1, 0.15) is 26.6 Å². The molecular weight excluding hydrogens is 382 g/mol. The Labute approximate surface area is 176 Å². The van der Waals surface area contributed by atoms with Gasteiger partial charge in [0.15, 0.2) is 0 Å². The van der Waals surface area contributed by atoms with Crippen LogP contribution in [0, 0.1) is 0 Å². The second kappa shape index (κ2) is 10.2. The third kappa shape index (κ3) is 5.81. The molecule has 0 aliphatic heterocycles. The Morgan fingerprint density at radius 1 is 1.07 bits per heavy atom. The highest BCUT2D eigenvalue weighted by atomic mass is 16.5. The molecule has 7 heteroatoms. The lowest BCUT2D eigenvalue weighted by Crippen LogP contribution is -2.40. The van der Waals surface area contributed by atoms with E-state index < -0.39 is 6.10 Å². The number of rotatable bonds is 10. The number of benzene rings is 2. The molecule has 3 aromatic rings. The van der Waals surface area contributed by atoms with E-state index >= 15 is 0 Å². The van der Waals surface area contributed by atoms with E-state index in [0.717, 1.165) is 5.75 Å². The Morgan fingerprint density at radius 2 is 1.73 bits per heavy atom. The molecule has 1 heterocycles. The molecule has 1 unspecified atom stereocenters. The van der Waals surface area contributed by atoms with Crippen LogP contribution in [0.25, 0.3) is 10.9 Å². The van der Waals surface area contributed by atoms with Crippen LogP contribution in [0.3, 0.4) is 0 Å². The zero-order valence-electron chi connectivity index (χ0n) is 17.7. The Kier molecular flexibility index (Phi) is 7.43. The van der Waals surface area contributed by atoms with Crippen molar-refractivity contribution in [1.29, 1.82) is 0 Å². The lowest BCUT2D eigenvalue weighted by Gasteiger charge is -2.28. The maximum absolute atomic E-state index is 12.3. The number of nitrogens with one attached hydrogen (secondary N) is 1. The summed E-state index contributed by atoms with van der Waals surface area (Å²) in [6, 6.07) is 14.7. The maximum atomic E-state index is 12.3. The predicted molar refractivity (Wildman–Crippen MR) is 117 cm³/mol. The highest BCUT2D eigenvalue weighted by Gasteiger charge is 2.17. The number of hydrogen-bond donors (Lipinski definition) is 2. The summed E-state index contributed by atoms with van der Waals surface area (Å²) in [5.74, 6) is 2.04. The minimum Gasteiger partial charge on any atom is -0.494 e. The molecule has 0 saturated carbocycles. The molecule has 0 saturated heterocycles. The monoisotopic (exact) mass is 411 g/mol. The van der Waals surface area contributed by atoms with Gasteiger partial charge in [0.25, 0.3) is 5.56 Å². The smallest absolute Gasteiger partial charge is 0.258 e. The number of aliphatic hydroxyl groups is 1. The van der Waals surface area contributed by atoms with Crippen molar-refractivity contribution in [3.63, 3.8) is 0 Å². The summed E-state index contributed by atoms with van der Waals surface area (Å²) in [5, 5.41) is 11.1. The van der Waals surface area contributed by atoms with Gasteiger partial charge in [-0.3, -0.25) is 9.69 Å². The molecule has 2 N–H and O–H groups in total. The first kappa shape index (κ1) is 21.8. The summed E-state index contributed by atoms with van der Waals surface area (Å²) >= 11 is 0. The number of ether oxygens (including phenoxy) is 2. The van der Waals surface area contributed by atoms with Crippen LogP contribution in [-0.2, 0) is 6.54 Å². The van der Waals surface area contributed by atoms with Gasteiger partial charge in [-0.15, -0.1) is 0 Å². The van der Waals surface area contributed by atoms with Gasteiger partial charge in [0.05, 0.1) is 24.1 Å². The van der Waals surface area contributed by atoms with Gasteiger partial charge in [-0.2, -0.15) is 0 Å². The normalized spacial score (nSPS) is 12.5. The largest absolute Gasteiger partial charge is 0.494 e. The fourth-order valence-corrected chi connectivity index (χ4v) is 3.17. The van der Waals surface area contributed by atoms with E-state index in [9.17, 15) is 9.90 Å². The first-order chi connectivity index (χ1) is 14.5. The Hall–Kier alpha value is -2.90. The lowest BCUT2D eigenvalue weighted by atomic mass is 10.2. The SMILES string of the molecule is CCOc1ccc(OCC(O)CN(Cc2nc3ccccc3c(=O)[nH]2)C(C)C)cc1. The topological polar surface area (TPSA) is 87.7 Å². The Bertz CT molecular complexity index is 1000. The number of nitrogens with zero attached hydrogens (tertiary/aromatic N) is 2. The van der Waals surface area contributed by atoms with Crippen molar-refractivity contribution in [2.24, 2.45) is 0 Å². The minimum atomic E-state index is -0.689. The number of aromatic amines is 1. The van der Waals surface area contributed by atoms with E-state index in [4.69, 9.17) is 9.47 Å². The zero-order chi connectivity index (χ0) is 21.5. The molecule has 0 fully saturated rings. The first-order valence-corrected chi connectivity index (χ1v) is 10.2. The Morgan fingerprint density at radius 3 is 2.40 bits per heavy atom. The molecule has 1 atom stereocenters. The molecule has 0 radical (unpaired) electrons. The lowest BCUT2D eigenvalue weighted by molar-refractivity contribution is 0.0533. The van der Waals surface area contributed by atoms with Crippen LogP contribution >= 0.6 is 0 Å². The van der Waals surface area contributed by atoms with Crippen molar-refractivity contribution in [2.45, 2.75) is 39.5 Å². The van der Waals surface area contributed by atoms with Crippen LogP contribution in [0.15, 0.2) is 53.3 Å². The summed E-state index contributed by atoms with van der Waals surface area (Å²) in [5.41, 5.74) is 0.512. The van der Waals surface area contributed by atoms with E-state index in [0.29, 0.717) is 42.2 Å². The first-order valence-electron chi connectivity index (χ1n) is 10.2. The zero-order valence-corrected chi connectivity index (χ0v) is 17.7. The highest BCUT2D eigenvalue weighted by molar-refractivity contribution is 5.77. The number of aromatic nitrogens is 2. The maximum Gasteiger partial charge on any atom is 0.258 e. The third-order valence-electron chi connectivity index (χ3n) is 4.77. The van der Waals surface area contributed by atoms with Crippen LogP contribution in [0.4, 0.5) is 0 Å². The molecule has 0 amide bonds. The summed E-state index contributed by atoms with van der Waals surface area (Å²) in [6.45, 7) is 7.62. The molecule has 1 aromatic heterocycles. The van der Waals surface area contributed by atoms with Gasteiger partial charge in [0.1, 0.15) is 30.0 Å². The molecular formula is C23H29N3O4. The van der Waals surface area contributed by atoms with Gasteiger partial charge in [-0.05, 0) is 57.2 Å². The van der Waals surface area contributed by atoms with Crippen molar-refractivity contribution in [1.82, 2.24) is 14.9 Å². The van der Waals surface area contributed by atoms with E-state index in [1.54, 1.807) is 6.07 Å². The van der Waals surface area contributed by atoms with Crippen LogP contribution in [0.5, 0.6) is 11.5 Å². The molecule has 0 aliphatic rings. The summed E-state index contributed by atoms with van der Waals surface area (Å²) in [4.78, 5) is 21.8. The van der Waals surface area contributed by atoms with Gasteiger partial charge in [-0.25, -0.2) is 4.98 Å². The quantitative estimate of drug-likeness (QED) is 0.533. The highest BCUT2D eigenvalue weighted by Crippen LogP contribution is 2.18. The van der Waals surface area contributed by atoms with Gasteiger partial charge < -0.3 is 19.6 Å². The van der Waals surface area contributed by atoms with E-state index in [1.165, 1.54) is 0 Å². The number of hydrogen-bond acceptors (Lipinski definition) is 6. The van der Waals surface area contributed by atoms with Crippen molar-refractivity contribution in [3.05, 3.63) is 64.7 Å². The van der Waals surface area contributed by atoms with Crippen LogP contribution < -0.4 is 15.0 Å². The average molecular weight is 412 g/mol. The van der Waals surface area contributed by atoms with E-state index in [-0.39, 0.29) is 18.2 Å². The summed E-state index contributed by atoms with van der Waals surface area (Å²) < 4.78 is 11.1. The fourth-order valence-electron chi connectivity index (χ4n) is 3.17. The molecule has 2 aromatic carbocycles. The van der Waals surface area contributed by atoms with Crippen molar-refractivity contribution in [3.8, 4) is 11.5 Å². The van der Waals surface area contributed by atoms with E-state index in [2.05, 4.69) is 14.9 Å². The number of fused-ring (bicyclic) bond motifs is 1. The van der Waals surface area contributed by atoms with Crippen LogP contribution in [0.2, 0.25) is 0 Å². The molecule has 0 aliphatic carbocycles. The molecule has 0 spiro atoms. The standard InChI is InChI=1S/C23H29N3O4/c1-4-29-18-9-11-19(12-10-18)30-15-17(27)13-26(16(2)3)14-22-24-21-8-6-5-7-20(21)23(28)25-22/h5-12,16-17,27H,4,13-15H2,1-3H3,(H,24,25,28). The molecule has 30 heavy (non-hydrogen) atoms. The number of aliphatic hydroxyl groups excluding tert-OH is 1. The van der Waals surface area contributed by atoms with Crippen molar-refractivity contribution < 1.29 is 14.6 Å². The molecule has 160 valence electrons. The van der Waals surface area contributed by atoms with Gasteiger partial charge in [0.2, 0.25) is 0 Å². The van der Waals surface area contributed by atoms with Gasteiger partial charge >= 0.3 is 0 Å². The van der Waals surface area contributed by atoms with Gasteiger partial charge in [0, 0.05) is 12.6 Å². The van der Waals surface area contributed by atoms with Crippen molar-refractivity contribution in [2.75, 3.05) is 19.8 Å².